The van der Waals surface area contributed by atoms with E-state index in [1.165, 1.54) is 60.5 Å². The Morgan fingerprint density at radius 3 is 2.17 bits per heavy atom. The molecule has 0 aliphatic rings. The summed E-state index contributed by atoms with van der Waals surface area (Å²) in [6, 6.07) is 15.9. The number of benzene rings is 3. The Balaban J connectivity index is 2.02. The number of rotatable bonds is 12. The number of hydrogen-bond acceptors (Lipinski definition) is 5. The normalized spacial score (nSPS) is 11.9. The maximum atomic E-state index is 13.9. The van der Waals surface area contributed by atoms with E-state index in [1.807, 2.05) is 6.92 Å². The van der Waals surface area contributed by atoms with Gasteiger partial charge in [-0.3, -0.25) is 13.9 Å². The van der Waals surface area contributed by atoms with E-state index >= 15 is 0 Å². The van der Waals surface area contributed by atoms with Crippen LogP contribution in [-0.4, -0.2) is 51.4 Å². The van der Waals surface area contributed by atoms with Gasteiger partial charge >= 0.3 is 0 Å². The van der Waals surface area contributed by atoms with Gasteiger partial charge in [-0.15, -0.1) is 0 Å². The quantitative estimate of drug-likeness (QED) is 0.274. The second-order valence-electron chi connectivity index (χ2n) is 8.90. The molecular formula is C28H30Cl3N3O5S. The van der Waals surface area contributed by atoms with E-state index in [1.54, 1.807) is 25.1 Å². The molecular weight excluding hydrogens is 597 g/mol. The molecule has 0 aliphatic carbocycles. The third kappa shape index (κ3) is 7.81. The van der Waals surface area contributed by atoms with E-state index in [2.05, 4.69) is 5.32 Å². The molecule has 214 valence electrons. The van der Waals surface area contributed by atoms with Gasteiger partial charge in [0.05, 0.1) is 27.7 Å². The summed E-state index contributed by atoms with van der Waals surface area (Å²) < 4.78 is 33.8. The minimum atomic E-state index is -4.22. The highest BCUT2D eigenvalue weighted by molar-refractivity contribution is 7.92. The van der Waals surface area contributed by atoms with Gasteiger partial charge in [0.2, 0.25) is 11.8 Å². The Bertz CT molecular complexity index is 1430. The van der Waals surface area contributed by atoms with Crippen molar-refractivity contribution in [3.63, 3.8) is 0 Å². The molecule has 3 aromatic rings. The topological polar surface area (TPSA) is 96.0 Å². The first-order valence-electron chi connectivity index (χ1n) is 12.4. The number of sulfonamides is 1. The molecule has 0 fully saturated rings. The second kappa shape index (κ2) is 14.1. The van der Waals surface area contributed by atoms with Crippen LogP contribution in [0.3, 0.4) is 0 Å². The summed E-state index contributed by atoms with van der Waals surface area (Å²) >= 11 is 18.3. The lowest BCUT2D eigenvalue weighted by atomic mass is 10.1. The van der Waals surface area contributed by atoms with Crippen LogP contribution in [0.1, 0.15) is 25.8 Å². The Morgan fingerprint density at radius 1 is 0.950 bits per heavy atom. The summed E-state index contributed by atoms with van der Waals surface area (Å²) in [5, 5.41) is 3.83. The van der Waals surface area contributed by atoms with E-state index < -0.39 is 28.5 Å². The summed E-state index contributed by atoms with van der Waals surface area (Å²) in [6.45, 7) is 3.35. The monoisotopic (exact) mass is 625 g/mol. The van der Waals surface area contributed by atoms with Crippen molar-refractivity contribution in [2.24, 2.45) is 0 Å². The summed E-state index contributed by atoms with van der Waals surface area (Å²) in [5.74, 6) is -0.489. The smallest absolute Gasteiger partial charge is 0.264 e. The average Bonchev–Trinajstić information content (AvgIpc) is 2.95. The highest BCUT2D eigenvalue weighted by Gasteiger charge is 2.32. The van der Waals surface area contributed by atoms with Gasteiger partial charge in [-0.25, -0.2) is 8.42 Å². The van der Waals surface area contributed by atoms with E-state index in [9.17, 15) is 18.0 Å². The van der Waals surface area contributed by atoms with Gasteiger partial charge in [-0.1, -0.05) is 47.8 Å². The molecule has 0 heterocycles. The maximum Gasteiger partial charge on any atom is 0.264 e. The van der Waals surface area contributed by atoms with Crippen molar-refractivity contribution in [1.82, 2.24) is 10.2 Å². The van der Waals surface area contributed by atoms with Crippen molar-refractivity contribution in [3.05, 3.63) is 87.4 Å². The van der Waals surface area contributed by atoms with Crippen LogP contribution in [0.25, 0.3) is 0 Å². The zero-order chi connectivity index (χ0) is 29.4. The molecule has 1 N–H and O–H groups in total. The molecule has 3 aromatic carbocycles. The van der Waals surface area contributed by atoms with Gasteiger partial charge in [0.15, 0.2) is 0 Å². The summed E-state index contributed by atoms with van der Waals surface area (Å²) in [4.78, 5) is 28.1. The van der Waals surface area contributed by atoms with Crippen molar-refractivity contribution in [3.8, 4) is 5.75 Å². The Morgan fingerprint density at radius 2 is 1.60 bits per heavy atom. The van der Waals surface area contributed by atoms with E-state index in [4.69, 9.17) is 39.5 Å². The van der Waals surface area contributed by atoms with Crippen LogP contribution in [0.4, 0.5) is 5.69 Å². The van der Waals surface area contributed by atoms with Crippen LogP contribution >= 0.6 is 34.8 Å². The molecule has 40 heavy (non-hydrogen) atoms. The molecule has 1 unspecified atom stereocenters. The number of hydrogen-bond donors (Lipinski definition) is 1. The van der Waals surface area contributed by atoms with Crippen LogP contribution in [0.5, 0.6) is 5.75 Å². The zero-order valence-corrected chi connectivity index (χ0v) is 25.3. The standard InChI is InChI=1S/C28H30Cl3N3O5S/c1-4-15-32-28(36)19(2)33(17-20-5-14-25(30)26(31)16-20)27(35)18-34(22-8-6-21(29)7-9-22)40(37,38)24-12-10-23(39-3)11-13-24/h5-14,16,19H,4,15,17-18H2,1-3H3,(H,32,36). The van der Waals surface area contributed by atoms with Gasteiger partial charge in [0.1, 0.15) is 18.3 Å². The number of halogens is 3. The molecule has 1 atom stereocenters. The molecule has 3 rings (SSSR count). The molecule has 0 saturated carbocycles. The van der Waals surface area contributed by atoms with Crippen molar-refractivity contribution < 1.29 is 22.7 Å². The largest absolute Gasteiger partial charge is 0.497 e. The summed E-state index contributed by atoms with van der Waals surface area (Å²) in [7, 11) is -2.74. The fourth-order valence-corrected chi connectivity index (χ4v) is 5.69. The number of anilines is 1. The molecule has 0 saturated heterocycles. The Hall–Kier alpha value is -2.98. The molecule has 8 nitrogen and oxygen atoms in total. The number of ether oxygens (including phenoxy) is 1. The van der Waals surface area contributed by atoms with Crippen molar-refractivity contribution in [2.75, 3.05) is 24.5 Å². The lowest BCUT2D eigenvalue weighted by Gasteiger charge is -2.32. The third-order valence-corrected chi connectivity index (χ3v) is 8.87. The van der Waals surface area contributed by atoms with Crippen LogP contribution < -0.4 is 14.4 Å². The van der Waals surface area contributed by atoms with Crippen molar-refractivity contribution in [1.29, 1.82) is 0 Å². The van der Waals surface area contributed by atoms with E-state index in [0.29, 0.717) is 39.3 Å². The lowest BCUT2D eigenvalue weighted by Crippen LogP contribution is -2.51. The van der Waals surface area contributed by atoms with Gasteiger partial charge in [0.25, 0.3) is 10.0 Å². The number of methoxy groups -OCH3 is 1. The van der Waals surface area contributed by atoms with Crippen LogP contribution in [0, 0.1) is 0 Å². The Kier molecular flexibility index (Phi) is 11.1. The first kappa shape index (κ1) is 31.5. The van der Waals surface area contributed by atoms with Gasteiger partial charge in [0, 0.05) is 18.1 Å². The number of nitrogens with one attached hydrogen (secondary N) is 1. The minimum Gasteiger partial charge on any atom is -0.497 e. The second-order valence-corrected chi connectivity index (χ2v) is 12.0. The number of carbonyl (C=O) groups is 2. The van der Waals surface area contributed by atoms with Gasteiger partial charge in [-0.2, -0.15) is 0 Å². The SMILES string of the molecule is CCCNC(=O)C(C)N(Cc1ccc(Cl)c(Cl)c1)C(=O)CN(c1ccc(Cl)cc1)S(=O)(=O)c1ccc(OC)cc1. The molecule has 2 amide bonds. The highest BCUT2D eigenvalue weighted by Crippen LogP contribution is 2.28. The lowest BCUT2D eigenvalue weighted by molar-refractivity contribution is -0.139. The van der Waals surface area contributed by atoms with Crippen LogP contribution in [-0.2, 0) is 26.2 Å². The number of amides is 2. The highest BCUT2D eigenvalue weighted by atomic mass is 35.5. The molecule has 0 radical (unpaired) electrons. The summed E-state index contributed by atoms with van der Waals surface area (Å²) in [5.41, 5.74) is 0.847. The average molecular weight is 627 g/mol. The van der Waals surface area contributed by atoms with Gasteiger partial charge < -0.3 is 15.0 Å². The number of nitrogens with zero attached hydrogens (tertiary/aromatic N) is 2. The fraction of sp³-hybridized carbons (Fsp3) is 0.286. The molecule has 0 aromatic heterocycles. The van der Waals surface area contributed by atoms with Crippen molar-refractivity contribution >= 4 is 62.3 Å². The first-order chi connectivity index (χ1) is 19.0. The Labute approximate surface area is 249 Å². The predicted molar refractivity (Wildman–Crippen MR) is 159 cm³/mol. The van der Waals surface area contributed by atoms with Crippen LogP contribution in [0.15, 0.2) is 71.6 Å². The summed E-state index contributed by atoms with van der Waals surface area (Å²) in [6.07, 6.45) is 0.712. The van der Waals surface area contributed by atoms with Crippen LogP contribution in [0.2, 0.25) is 15.1 Å². The number of carbonyl (C=O) groups excluding carboxylic acids is 2. The maximum absolute atomic E-state index is 13.9. The van der Waals surface area contributed by atoms with E-state index in [0.717, 1.165) is 4.31 Å². The minimum absolute atomic E-state index is 0.00647. The van der Waals surface area contributed by atoms with Gasteiger partial charge in [-0.05, 0) is 79.6 Å². The van der Waals surface area contributed by atoms with E-state index in [-0.39, 0.29) is 23.0 Å². The molecule has 12 heteroatoms. The molecule has 0 aliphatic heterocycles. The fourth-order valence-electron chi connectivity index (χ4n) is 3.82. The zero-order valence-electron chi connectivity index (χ0n) is 22.2. The molecule has 0 spiro atoms. The molecule has 0 bridgehead atoms. The van der Waals surface area contributed by atoms with Crippen molar-refractivity contribution in [2.45, 2.75) is 37.8 Å². The predicted octanol–water partition coefficient (Wildman–Crippen LogP) is 5.79. The first-order valence-corrected chi connectivity index (χ1v) is 15.0. The third-order valence-electron chi connectivity index (χ3n) is 6.09.